The second-order valence-corrected chi connectivity index (χ2v) is 6.10. The van der Waals surface area contributed by atoms with E-state index >= 15 is 0 Å². The summed E-state index contributed by atoms with van der Waals surface area (Å²) in [5.41, 5.74) is 0. The van der Waals surface area contributed by atoms with Gasteiger partial charge in [-0.2, -0.15) is 0 Å². The van der Waals surface area contributed by atoms with Crippen LogP contribution in [0.15, 0.2) is 36.4 Å². The average Bonchev–Trinajstić information content (AvgIpc) is 2.69. The van der Waals surface area contributed by atoms with Gasteiger partial charge < -0.3 is 40.0 Å². The molecule has 1 heterocycles. The van der Waals surface area contributed by atoms with E-state index < -0.39 is 42.8 Å². The summed E-state index contributed by atoms with van der Waals surface area (Å²) in [6, 6.07) is 9.67. The Hall–Kier alpha value is -2.92. The average molecular weight is 393 g/mol. The van der Waals surface area contributed by atoms with E-state index in [0.29, 0.717) is 10.8 Å². The Morgan fingerprint density at radius 3 is 2.18 bits per heavy atom. The number of fused-ring (bicyclic) bond motifs is 1. The fourth-order valence-corrected chi connectivity index (χ4v) is 2.86. The van der Waals surface area contributed by atoms with Crippen LogP contribution in [0.3, 0.4) is 0 Å². The van der Waals surface area contributed by atoms with Crippen molar-refractivity contribution in [3.05, 3.63) is 36.4 Å². The lowest BCUT2D eigenvalue weighted by Gasteiger charge is -2.38. The van der Waals surface area contributed by atoms with Gasteiger partial charge in [-0.25, -0.2) is 9.59 Å². The standard InChI is InChI=1S/C18H19NO9/c1-19-18(25)27-11-7-6-10(8-4-2-3-5-9(8)11)26-17-14(22)12(20)13(21)15(28-17)16(23)24/h2-7,12-15,17,20-22H,1H3,(H,19,25)(H,23,24)/t12-,13-,14+,15-,17+/m0/s1. The maximum Gasteiger partial charge on any atom is 0.412 e. The van der Waals surface area contributed by atoms with E-state index in [1.807, 2.05) is 0 Å². The van der Waals surface area contributed by atoms with Crippen molar-refractivity contribution in [2.24, 2.45) is 0 Å². The molecule has 0 bridgehead atoms. The molecule has 5 N–H and O–H groups in total. The topological polar surface area (TPSA) is 155 Å². The van der Waals surface area contributed by atoms with E-state index in [1.165, 1.54) is 19.2 Å². The second kappa shape index (κ2) is 7.98. The molecule has 0 unspecified atom stereocenters. The number of hydrogen-bond acceptors (Lipinski definition) is 8. The van der Waals surface area contributed by atoms with Gasteiger partial charge in [0, 0.05) is 17.8 Å². The molecule has 1 amide bonds. The Bertz CT molecular complexity index is 886. The summed E-state index contributed by atoms with van der Waals surface area (Å²) in [4.78, 5) is 22.7. The zero-order chi connectivity index (χ0) is 20.4. The fraction of sp³-hybridized carbons (Fsp3) is 0.333. The van der Waals surface area contributed by atoms with Gasteiger partial charge in [-0.1, -0.05) is 24.3 Å². The first-order valence-electron chi connectivity index (χ1n) is 8.34. The van der Waals surface area contributed by atoms with Crippen LogP contribution in [0.4, 0.5) is 4.79 Å². The van der Waals surface area contributed by atoms with Gasteiger partial charge in [-0.15, -0.1) is 0 Å². The van der Waals surface area contributed by atoms with Crippen LogP contribution in [0.5, 0.6) is 11.5 Å². The number of carbonyl (C=O) groups is 2. The van der Waals surface area contributed by atoms with Crippen LogP contribution in [0.1, 0.15) is 0 Å². The molecule has 2 aromatic carbocycles. The number of nitrogens with one attached hydrogen (secondary N) is 1. The number of rotatable bonds is 4. The molecule has 0 spiro atoms. The molecule has 150 valence electrons. The molecule has 1 aliphatic heterocycles. The minimum Gasteiger partial charge on any atom is -0.479 e. The lowest BCUT2D eigenvalue weighted by atomic mass is 9.99. The fourth-order valence-electron chi connectivity index (χ4n) is 2.86. The number of carbonyl (C=O) groups excluding carboxylic acids is 1. The number of ether oxygens (including phenoxy) is 3. The summed E-state index contributed by atoms with van der Waals surface area (Å²) in [7, 11) is 1.42. The summed E-state index contributed by atoms with van der Waals surface area (Å²) in [6.07, 6.45) is -9.26. The summed E-state index contributed by atoms with van der Waals surface area (Å²) >= 11 is 0. The molecule has 3 rings (SSSR count). The number of carboxylic acid groups (broad SMARTS) is 1. The van der Waals surface area contributed by atoms with Crippen LogP contribution in [0.25, 0.3) is 10.8 Å². The van der Waals surface area contributed by atoms with Crippen molar-refractivity contribution >= 4 is 22.8 Å². The lowest BCUT2D eigenvalue weighted by molar-refractivity contribution is -0.270. The van der Waals surface area contributed by atoms with Gasteiger partial charge in [-0.3, -0.25) is 0 Å². The Labute approximate surface area is 158 Å². The monoisotopic (exact) mass is 393 g/mol. The third-order valence-electron chi connectivity index (χ3n) is 4.31. The molecule has 28 heavy (non-hydrogen) atoms. The molecule has 1 fully saturated rings. The van der Waals surface area contributed by atoms with Gasteiger partial charge in [0.15, 0.2) is 6.10 Å². The van der Waals surface area contributed by atoms with Crippen LogP contribution in [-0.4, -0.2) is 70.2 Å². The number of aliphatic hydroxyl groups is 3. The van der Waals surface area contributed by atoms with Gasteiger partial charge in [0.05, 0.1) is 0 Å². The van der Waals surface area contributed by atoms with Crippen molar-refractivity contribution in [1.29, 1.82) is 0 Å². The number of aliphatic carboxylic acids is 1. The van der Waals surface area contributed by atoms with E-state index in [0.717, 1.165) is 0 Å². The molecule has 2 aromatic rings. The highest BCUT2D eigenvalue weighted by Crippen LogP contribution is 2.35. The van der Waals surface area contributed by atoms with Crippen molar-refractivity contribution < 1.29 is 44.2 Å². The van der Waals surface area contributed by atoms with Gasteiger partial charge >= 0.3 is 12.1 Å². The first-order chi connectivity index (χ1) is 13.3. The highest BCUT2D eigenvalue weighted by atomic mass is 16.7. The second-order valence-electron chi connectivity index (χ2n) is 6.10. The maximum atomic E-state index is 11.5. The van der Waals surface area contributed by atoms with Crippen LogP contribution < -0.4 is 14.8 Å². The predicted octanol–water partition coefficient (Wildman–Crippen LogP) is -0.171. The third kappa shape index (κ3) is 3.71. The molecule has 0 aromatic heterocycles. The molecule has 0 saturated carbocycles. The van der Waals surface area contributed by atoms with Crippen LogP contribution in [0, 0.1) is 0 Å². The van der Waals surface area contributed by atoms with Crippen molar-refractivity contribution in [3.63, 3.8) is 0 Å². The lowest BCUT2D eigenvalue weighted by Crippen LogP contribution is -2.61. The van der Waals surface area contributed by atoms with Crippen molar-refractivity contribution in [1.82, 2.24) is 5.32 Å². The Morgan fingerprint density at radius 1 is 0.964 bits per heavy atom. The molecule has 1 aliphatic rings. The molecule has 5 atom stereocenters. The van der Waals surface area contributed by atoms with Crippen LogP contribution >= 0.6 is 0 Å². The normalized spacial score (nSPS) is 27.2. The van der Waals surface area contributed by atoms with E-state index in [-0.39, 0.29) is 11.5 Å². The Morgan fingerprint density at radius 2 is 1.57 bits per heavy atom. The molecule has 10 heteroatoms. The zero-order valence-electron chi connectivity index (χ0n) is 14.7. The number of aliphatic hydroxyl groups excluding tert-OH is 3. The molecule has 0 aliphatic carbocycles. The quantitative estimate of drug-likeness (QED) is 0.476. The summed E-state index contributed by atoms with van der Waals surface area (Å²) in [5, 5.41) is 42.2. The Balaban J connectivity index is 1.93. The largest absolute Gasteiger partial charge is 0.479 e. The number of benzene rings is 2. The highest BCUT2D eigenvalue weighted by molar-refractivity contribution is 5.94. The molecule has 1 saturated heterocycles. The van der Waals surface area contributed by atoms with Crippen LogP contribution in [0.2, 0.25) is 0 Å². The van der Waals surface area contributed by atoms with E-state index in [2.05, 4.69) is 5.32 Å². The van der Waals surface area contributed by atoms with Gasteiger partial charge in [0.25, 0.3) is 0 Å². The predicted molar refractivity (Wildman–Crippen MR) is 94.0 cm³/mol. The van der Waals surface area contributed by atoms with Crippen LogP contribution in [-0.2, 0) is 9.53 Å². The smallest absolute Gasteiger partial charge is 0.412 e. The van der Waals surface area contributed by atoms with Gasteiger partial charge in [0.2, 0.25) is 6.29 Å². The molecular formula is C18H19NO9. The van der Waals surface area contributed by atoms with Gasteiger partial charge in [-0.05, 0) is 12.1 Å². The van der Waals surface area contributed by atoms with Crippen molar-refractivity contribution in [2.45, 2.75) is 30.7 Å². The zero-order valence-corrected chi connectivity index (χ0v) is 14.7. The minimum absolute atomic E-state index is 0.191. The molecule has 10 nitrogen and oxygen atoms in total. The maximum absolute atomic E-state index is 11.5. The number of hydrogen-bond donors (Lipinski definition) is 5. The first-order valence-corrected chi connectivity index (χ1v) is 8.34. The minimum atomic E-state index is -1.81. The summed E-state index contributed by atoms with van der Waals surface area (Å²) in [5.74, 6) is -1.06. The summed E-state index contributed by atoms with van der Waals surface area (Å²) in [6.45, 7) is 0. The highest BCUT2D eigenvalue weighted by Gasteiger charge is 2.48. The number of amides is 1. The van der Waals surface area contributed by atoms with E-state index in [9.17, 15) is 24.9 Å². The van der Waals surface area contributed by atoms with Crippen molar-refractivity contribution in [2.75, 3.05) is 7.05 Å². The van der Waals surface area contributed by atoms with E-state index in [4.69, 9.17) is 19.3 Å². The summed E-state index contributed by atoms with van der Waals surface area (Å²) < 4.78 is 15.9. The van der Waals surface area contributed by atoms with Crippen molar-refractivity contribution in [3.8, 4) is 11.5 Å². The molecule has 0 radical (unpaired) electrons. The molecular weight excluding hydrogens is 374 g/mol. The first kappa shape index (κ1) is 19.8. The number of carboxylic acids is 1. The van der Waals surface area contributed by atoms with Gasteiger partial charge in [0.1, 0.15) is 29.8 Å². The SMILES string of the molecule is CNC(=O)Oc1ccc(O[C@@H]2O[C@H](C(=O)O)[C@@H](O)[C@H](O)[C@H]2O)c2ccccc12. The third-order valence-corrected chi connectivity index (χ3v) is 4.31. The Kier molecular flexibility index (Phi) is 5.66. The van der Waals surface area contributed by atoms with E-state index in [1.54, 1.807) is 24.3 Å².